The molecule has 3 aromatic rings. The number of amides is 3. The van der Waals surface area contributed by atoms with Crippen LogP contribution in [0.4, 0.5) is 5.69 Å². The summed E-state index contributed by atoms with van der Waals surface area (Å²) in [5.41, 5.74) is 3.29. The van der Waals surface area contributed by atoms with Gasteiger partial charge in [0.25, 0.3) is 5.91 Å². The van der Waals surface area contributed by atoms with Gasteiger partial charge in [-0.2, -0.15) is 10.6 Å². The highest BCUT2D eigenvalue weighted by molar-refractivity contribution is 8.24. The number of carbonyl (C=O) groups excluding carboxylic acids is 4. The number of nitrogens with zero attached hydrogens (tertiary/aromatic N) is 4. The average Bonchev–Trinajstić information content (AvgIpc) is 3.82. The minimum absolute atomic E-state index is 0.0515. The van der Waals surface area contributed by atoms with Gasteiger partial charge in [-0.1, -0.05) is 67.6 Å². The van der Waals surface area contributed by atoms with Crippen LogP contribution in [-0.4, -0.2) is 93.3 Å². The van der Waals surface area contributed by atoms with E-state index in [1.54, 1.807) is 13.8 Å². The number of aliphatic hydroxyl groups is 1. The summed E-state index contributed by atoms with van der Waals surface area (Å²) in [6, 6.07) is 11.5. The molecule has 4 atom stereocenters. The summed E-state index contributed by atoms with van der Waals surface area (Å²) in [5.74, 6) is -3.89. The summed E-state index contributed by atoms with van der Waals surface area (Å²) in [5, 5.41) is 27.3. The smallest absolute Gasteiger partial charge is 0.287 e. The summed E-state index contributed by atoms with van der Waals surface area (Å²) in [6.45, 7) is 3.24. The van der Waals surface area contributed by atoms with E-state index in [1.165, 1.54) is 15.8 Å². The Bertz CT molecular complexity index is 1770. The van der Waals surface area contributed by atoms with Crippen LogP contribution in [-0.2, 0) is 24.8 Å². The van der Waals surface area contributed by atoms with Crippen LogP contribution in [0.25, 0.3) is 10.8 Å². The lowest BCUT2D eigenvalue weighted by molar-refractivity contribution is -0.143. The fourth-order valence-corrected chi connectivity index (χ4v) is 9.82. The third-order valence-electron chi connectivity index (χ3n) is 10.4. The summed E-state index contributed by atoms with van der Waals surface area (Å²) in [6.07, 6.45) is 7.17. The van der Waals surface area contributed by atoms with Crippen LogP contribution in [0.2, 0.25) is 0 Å². The average molecular weight is 710 g/mol. The number of aromatic nitrogens is 3. The second-order valence-corrected chi connectivity index (χ2v) is 17.0. The third-order valence-corrected chi connectivity index (χ3v) is 12.3. The molecule has 0 spiro atoms. The van der Waals surface area contributed by atoms with E-state index in [2.05, 4.69) is 20.9 Å². The third kappa shape index (κ3) is 7.50. The van der Waals surface area contributed by atoms with E-state index in [1.807, 2.05) is 42.5 Å². The standard InChI is InChI=1S/C35H47N7O7S/c1-34(2,47)29-19-37-40-42(29)26-18-28(32(45)39-35(30(43)31(36)44)14-15-50(48,49)21-35)41(20-26)33(46)27(16-22-8-4-3-5-9-22)38-25-13-12-23-10-6-7-11-24(23)17-25/h6-7,10-13,17,19,22,26-28,38,47-49H,3-5,8-9,14-16,18,20-21H2,1-2H3,(H2,36,44)(H,39,45)/t26-,27?,28-,35?/m0/s1. The molecule has 1 aromatic heterocycles. The van der Waals surface area contributed by atoms with Gasteiger partial charge in [-0.3, -0.25) is 28.3 Å². The lowest BCUT2D eigenvalue weighted by Gasteiger charge is -2.35. The molecule has 6 rings (SSSR count). The fraction of sp³-hybridized carbons (Fsp3) is 0.543. The largest absolute Gasteiger partial charge is 0.384 e. The highest BCUT2D eigenvalue weighted by atomic mass is 32.3. The van der Waals surface area contributed by atoms with Crippen LogP contribution >= 0.6 is 10.6 Å². The SMILES string of the molecule is CC(C)(O)c1cnnn1[C@H]1C[C@@H](C(=O)NC2(C(=O)C(N)=O)CCS(O)(O)C2)N(C(=O)C(CC2CCCCC2)Nc2ccc3ccccc3c2)C1. The Morgan fingerprint density at radius 3 is 2.46 bits per heavy atom. The fourth-order valence-electron chi connectivity index (χ4n) is 7.86. The van der Waals surface area contributed by atoms with Crippen molar-refractivity contribution in [3.8, 4) is 0 Å². The van der Waals surface area contributed by atoms with Gasteiger partial charge in [0.1, 0.15) is 23.2 Å². The van der Waals surface area contributed by atoms with E-state index >= 15 is 0 Å². The van der Waals surface area contributed by atoms with Crippen molar-refractivity contribution in [2.75, 3.05) is 23.4 Å². The Kier molecular flexibility index (Phi) is 9.96. The molecule has 2 aromatic carbocycles. The van der Waals surface area contributed by atoms with Gasteiger partial charge in [0.2, 0.25) is 17.6 Å². The molecule has 0 bridgehead atoms. The molecule has 270 valence electrons. The maximum absolute atomic E-state index is 14.8. The van der Waals surface area contributed by atoms with E-state index in [0.29, 0.717) is 18.0 Å². The molecule has 14 nitrogen and oxygen atoms in total. The maximum Gasteiger partial charge on any atom is 0.287 e. The number of Topliss-reactive ketones (excluding diaryl/α,β-unsaturated/α-hetero) is 1. The zero-order valence-corrected chi connectivity index (χ0v) is 29.3. The van der Waals surface area contributed by atoms with Crippen LogP contribution in [0, 0.1) is 5.92 Å². The molecule has 2 unspecified atom stereocenters. The number of hydrogen-bond donors (Lipinski definition) is 6. The van der Waals surface area contributed by atoms with E-state index in [-0.39, 0.29) is 31.0 Å². The Hall–Kier alpha value is -4.05. The Morgan fingerprint density at radius 2 is 1.80 bits per heavy atom. The Morgan fingerprint density at radius 1 is 1.08 bits per heavy atom. The molecule has 0 radical (unpaired) electrons. The zero-order chi connectivity index (χ0) is 35.8. The van der Waals surface area contributed by atoms with Crippen molar-refractivity contribution >= 4 is 50.6 Å². The van der Waals surface area contributed by atoms with E-state index in [9.17, 15) is 33.4 Å². The molecule has 3 aliphatic rings. The highest BCUT2D eigenvalue weighted by Crippen LogP contribution is 2.50. The van der Waals surface area contributed by atoms with Gasteiger partial charge in [-0.15, -0.1) is 5.10 Å². The molecule has 3 fully saturated rings. The van der Waals surface area contributed by atoms with Crippen LogP contribution in [0.15, 0.2) is 48.7 Å². The number of likely N-dealkylation sites (tertiary alicyclic amines) is 1. The van der Waals surface area contributed by atoms with Gasteiger partial charge in [0, 0.05) is 24.4 Å². The van der Waals surface area contributed by atoms with Crippen LogP contribution < -0.4 is 16.4 Å². The molecule has 3 amide bonds. The monoisotopic (exact) mass is 709 g/mol. The van der Waals surface area contributed by atoms with Crippen molar-refractivity contribution in [2.24, 2.45) is 11.7 Å². The van der Waals surface area contributed by atoms with Crippen molar-refractivity contribution in [1.29, 1.82) is 0 Å². The highest BCUT2D eigenvalue weighted by Gasteiger charge is 2.53. The number of nitrogens with one attached hydrogen (secondary N) is 2. The first-order valence-corrected chi connectivity index (χ1v) is 19.1. The molecular formula is C35H47N7O7S. The van der Waals surface area contributed by atoms with Crippen molar-refractivity contribution in [3.63, 3.8) is 0 Å². The quantitative estimate of drug-likeness (QED) is 0.160. The van der Waals surface area contributed by atoms with Crippen molar-refractivity contribution < 1.29 is 33.4 Å². The van der Waals surface area contributed by atoms with Gasteiger partial charge >= 0.3 is 0 Å². The number of fused-ring (bicyclic) bond motifs is 1. The molecule has 2 saturated heterocycles. The summed E-state index contributed by atoms with van der Waals surface area (Å²) in [7, 11) is -3.26. The van der Waals surface area contributed by atoms with Crippen molar-refractivity contribution in [1.82, 2.24) is 25.2 Å². The first-order valence-electron chi connectivity index (χ1n) is 17.2. The lowest BCUT2D eigenvalue weighted by atomic mass is 9.84. The molecule has 3 heterocycles. The number of rotatable bonds is 11. The van der Waals surface area contributed by atoms with Gasteiger partial charge in [0.05, 0.1) is 23.7 Å². The number of primary amides is 1. The van der Waals surface area contributed by atoms with Crippen LogP contribution in [0.5, 0.6) is 0 Å². The van der Waals surface area contributed by atoms with Gasteiger partial charge in [0.15, 0.2) is 0 Å². The molecule has 15 heteroatoms. The summed E-state index contributed by atoms with van der Waals surface area (Å²) in [4.78, 5) is 55.8. The second-order valence-electron chi connectivity index (χ2n) is 14.7. The van der Waals surface area contributed by atoms with E-state index < -0.39 is 63.2 Å². The molecule has 50 heavy (non-hydrogen) atoms. The number of ketones is 1. The zero-order valence-electron chi connectivity index (χ0n) is 28.5. The lowest BCUT2D eigenvalue weighted by Crippen LogP contribution is -2.62. The number of nitrogens with two attached hydrogens (primary N) is 1. The van der Waals surface area contributed by atoms with E-state index in [4.69, 9.17) is 5.73 Å². The van der Waals surface area contributed by atoms with E-state index in [0.717, 1.165) is 48.6 Å². The first kappa shape index (κ1) is 35.8. The molecule has 1 saturated carbocycles. The minimum Gasteiger partial charge on any atom is -0.384 e. The van der Waals surface area contributed by atoms with Gasteiger partial charge in [-0.25, -0.2) is 4.68 Å². The normalized spacial score (nSPS) is 25.3. The molecule has 1 aliphatic carbocycles. The summed E-state index contributed by atoms with van der Waals surface area (Å²) >= 11 is 0. The van der Waals surface area contributed by atoms with Crippen molar-refractivity contribution in [2.45, 2.75) is 94.5 Å². The molecule has 7 N–H and O–H groups in total. The predicted molar refractivity (Wildman–Crippen MR) is 189 cm³/mol. The molecular weight excluding hydrogens is 662 g/mol. The first-order chi connectivity index (χ1) is 23.7. The number of anilines is 1. The number of benzene rings is 2. The minimum atomic E-state index is -3.26. The topological polar surface area (TPSA) is 213 Å². The Balaban J connectivity index is 1.35. The van der Waals surface area contributed by atoms with Crippen molar-refractivity contribution in [3.05, 3.63) is 54.4 Å². The van der Waals surface area contributed by atoms with Crippen LogP contribution in [0.1, 0.15) is 76.9 Å². The number of hydrogen-bond acceptors (Lipinski definition) is 10. The second kappa shape index (κ2) is 13.9. The predicted octanol–water partition coefficient (Wildman–Crippen LogP) is 3.32. The summed E-state index contributed by atoms with van der Waals surface area (Å²) < 4.78 is 22.4. The maximum atomic E-state index is 14.8. The van der Waals surface area contributed by atoms with Crippen LogP contribution in [0.3, 0.4) is 0 Å². The Labute approximate surface area is 292 Å². The van der Waals surface area contributed by atoms with Gasteiger partial charge < -0.3 is 26.4 Å². The molecule has 2 aliphatic heterocycles. The van der Waals surface area contributed by atoms with Gasteiger partial charge in [-0.05, 0) is 55.5 Å². The number of carbonyl (C=O) groups is 4.